The van der Waals surface area contributed by atoms with Gasteiger partial charge in [0, 0.05) is 4.90 Å². The first-order valence-electron chi connectivity index (χ1n) is 4.91. The first-order valence-corrected chi connectivity index (χ1v) is 6.12. The van der Waals surface area contributed by atoms with Gasteiger partial charge in [-0.2, -0.15) is 0 Å². The molecule has 1 aliphatic carbocycles. The molecule has 0 heterocycles. The van der Waals surface area contributed by atoms with Gasteiger partial charge in [0.15, 0.2) is 0 Å². The van der Waals surface area contributed by atoms with Crippen LogP contribution in [0, 0.1) is 6.92 Å². The molecular formula is C12H14OS. The second kappa shape index (κ2) is 4.09. The molecule has 0 fully saturated rings. The normalized spacial score (nSPS) is 22.5. The van der Waals surface area contributed by atoms with Gasteiger partial charge in [0.2, 0.25) is 0 Å². The average Bonchev–Trinajstić information content (AvgIpc) is 2.71. The summed E-state index contributed by atoms with van der Waals surface area (Å²) in [5, 5.41) is 0.234. The van der Waals surface area contributed by atoms with Crippen molar-refractivity contribution in [1.82, 2.24) is 0 Å². The van der Waals surface area contributed by atoms with E-state index in [1.165, 1.54) is 5.56 Å². The Morgan fingerprint density at radius 2 is 2.00 bits per heavy atom. The standard InChI is InChI=1S/C12H14OS/c1-10-6-8-12(9-7-10)14(13)11-4-2-3-5-11/h2,4,6-9,11H,3,5H2,1H3. The van der Waals surface area contributed by atoms with Gasteiger partial charge in [-0.25, -0.2) is 0 Å². The van der Waals surface area contributed by atoms with E-state index in [-0.39, 0.29) is 5.25 Å². The molecule has 0 saturated heterocycles. The highest BCUT2D eigenvalue weighted by molar-refractivity contribution is 7.85. The second-order valence-electron chi connectivity index (χ2n) is 3.65. The molecule has 2 rings (SSSR count). The van der Waals surface area contributed by atoms with Crippen LogP contribution >= 0.6 is 0 Å². The summed E-state index contributed by atoms with van der Waals surface area (Å²) in [6.07, 6.45) is 6.30. The van der Waals surface area contributed by atoms with Crippen molar-refractivity contribution in [1.29, 1.82) is 0 Å². The molecule has 0 amide bonds. The van der Waals surface area contributed by atoms with Crippen LogP contribution in [0.15, 0.2) is 41.3 Å². The van der Waals surface area contributed by atoms with E-state index < -0.39 is 10.8 Å². The average molecular weight is 206 g/mol. The fourth-order valence-corrected chi connectivity index (χ4v) is 2.99. The van der Waals surface area contributed by atoms with Gasteiger partial charge in [-0.15, -0.1) is 0 Å². The number of aryl methyl sites for hydroxylation is 1. The molecule has 0 saturated carbocycles. The molecule has 14 heavy (non-hydrogen) atoms. The van der Waals surface area contributed by atoms with Crippen LogP contribution in [0.4, 0.5) is 0 Å². The lowest BCUT2D eigenvalue weighted by Crippen LogP contribution is -2.09. The van der Waals surface area contributed by atoms with Crippen molar-refractivity contribution in [2.45, 2.75) is 29.9 Å². The molecular weight excluding hydrogens is 192 g/mol. The molecule has 2 heteroatoms. The largest absolute Gasteiger partial charge is 0.254 e. The Morgan fingerprint density at radius 1 is 1.29 bits per heavy atom. The predicted molar refractivity (Wildman–Crippen MR) is 59.7 cm³/mol. The van der Waals surface area contributed by atoms with E-state index in [1.54, 1.807) is 0 Å². The molecule has 1 aliphatic rings. The monoisotopic (exact) mass is 206 g/mol. The molecule has 1 aromatic carbocycles. The highest BCUT2D eigenvalue weighted by Gasteiger charge is 2.17. The van der Waals surface area contributed by atoms with Crippen molar-refractivity contribution in [3.8, 4) is 0 Å². The van der Waals surface area contributed by atoms with E-state index in [9.17, 15) is 4.21 Å². The highest BCUT2D eigenvalue weighted by Crippen LogP contribution is 2.21. The minimum Gasteiger partial charge on any atom is -0.254 e. The lowest BCUT2D eigenvalue weighted by atomic mass is 10.2. The van der Waals surface area contributed by atoms with Gasteiger partial charge in [0.25, 0.3) is 0 Å². The summed E-state index contributed by atoms with van der Waals surface area (Å²) in [6.45, 7) is 2.04. The maximum absolute atomic E-state index is 12.0. The maximum atomic E-state index is 12.0. The van der Waals surface area contributed by atoms with Crippen LogP contribution in [-0.2, 0) is 10.8 Å². The van der Waals surface area contributed by atoms with Crippen molar-refractivity contribution in [3.63, 3.8) is 0 Å². The summed E-state index contributed by atoms with van der Waals surface area (Å²) in [5.41, 5.74) is 1.22. The molecule has 0 bridgehead atoms. The van der Waals surface area contributed by atoms with Gasteiger partial charge in [0.05, 0.1) is 16.0 Å². The lowest BCUT2D eigenvalue weighted by Gasteiger charge is -2.07. The smallest absolute Gasteiger partial charge is 0.0599 e. The van der Waals surface area contributed by atoms with E-state index in [1.807, 2.05) is 31.2 Å². The molecule has 74 valence electrons. The Kier molecular flexibility index (Phi) is 2.82. The number of hydrogen-bond acceptors (Lipinski definition) is 1. The van der Waals surface area contributed by atoms with Crippen molar-refractivity contribution in [2.75, 3.05) is 0 Å². The van der Waals surface area contributed by atoms with Crippen molar-refractivity contribution < 1.29 is 4.21 Å². The van der Waals surface area contributed by atoms with Crippen LogP contribution in [0.5, 0.6) is 0 Å². The summed E-state index contributed by atoms with van der Waals surface area (Å²) in [7, 11) is -0.854. The van der Waals surface area contributed by atoms with Crippen LogP contribution in [0.25, 0.3) is 0 Å². The molecule has 0 N–H and O–H groups in total. The third-order valence-corrected chi connectivity index (χ3v) is 4.18. The molecule has 0 radical (unpaired) electrons. The van der Waals surface area contributed by atoms with E-state index in [0.717, 1.165) is 17.7 Å². The summed E-state index contributed by atoms with van der Waals surface area (Å²) < 4.78 is 12.0. The van der Waals surface area contributed by atoms with Gasteiger partial charge in [0.1, 0.15) is 0 Å². The van der Waals surface area contributed by atoms with Crippen LogP contribution in [0.3, 0.4) is 0 Å². The van der Waals surface area contributed by atoms with Gasteiger partial charge < -0.3 is 0 Å². The summed E-state index contributed by atoms with van der Waals surface area (Å²) in [5.74, 6) is 0. The quantitative estimate of drug-likeness (QED) is 0.680. The molecule has 2 unspecified atom stereocenters. The SMILES string of the molecule is Cc1ccc(S(=O)C2C=CCC2)cc1. The number of allylic oxidation sites excluding steroid dienone is 1. The fraction of sp³-hybridized carbons (Fsp3) is 0.333. The number of rotatable bonds is 2. The predicted octanol–water partition coefficient (Wildman–Crippen LogP) is 2.82. The first-order chi connectivity index (χ1) is 6.77. The third kappa shape index (κ3) is 1.95. The van der Waals surface area contributed by atoms with Crippen LogP contribution in [-0.4, -0.2) is 9.46 Å². The van der Waals surface area contributed by atoms with Crippen LogP contribution in [0.1, 0.15) is 18.4 Å². The Morgan fingerprint density at radius 3 is 2.57 bits per heavy atom. The first kappa shape index (κ1) is 9.66. The molecule has 1 nitrogen and oxygen atoms in total. The van der Waals surface area contributed by atoms with Gasteiger partial charge in [-0.3, -0.25) is 4.21 Å². The summed E-state index contributed by atoms with van der Waals surface area (Å²) in [4.78, 5) is 0.951. The van der Waals surface area contributed by atoms with E-state index in [2.05, 4.69) is 12.2 Å². The minimum absolute atomic E-state index is 0.234. The number of benzene rings is 1. The van der Waals surface area contributed by atoms with Gasteiger partial charge in [-0.05, 0) is 31.9 Å². The molecule has 2 atom stereocenters. The van der Waals surface area contributed by atoms with Crippen molar-refractivity contribution in [3.05, 3.63) is 42.0 Å². The van der Waals surface area contributed by atoms with Crippen LogP contribution < -0.4 is 0 Å². The van der Waals surface area contributed by atoms with E-state index in [0.29, 0.717) is 0 Å². The fourth-order valence-electron chi connectivity index (χ4n) is 1.63. The lowest BCUT2D eigenvalue weighted by molar-refractivity contribution is 0.675. The molecule has 1 aromatic rings. The molecule has 0 aliphatic heterocycles. The second-order valence-corrected chi connectivity index (χ2v) is 5.33. The summed E-state index contributed by atoms with van der Waals surface area (Å²) in [6, 6.07) is 7.98. The van der Waals surface area contributed by atoms with Crippen molar-refractivity contribution in [2.24, 2.45) is 0 Å². The Balaban J connectivity index is 2.18. The Hall–Kier alpha value is -0.890. The zero-order valence-electron chi connectivity index (χ0n) is 8.27. The van der Waals surface area contributed by atoms with Gasteiger partial charge >= 0.3 is 0 Å². The Bertz CT molecular complexity index is 364. The zero-order valence-corrected chi connectivity index (χ0v) is 9.09. The zero-order chi connectivity index (χ0) is 9.97. The maximum Gasteiger partial charge on any atom is 0.0599 e. The van der Waals surface area contributed by atoms with Crippen molar-refractivity contribution >= 4 is 10.8 Å². The highest BCUT2D eigenvalue weighted by atomic mass is 32.2. The topological polar surface area (TPSA) is 17.1 Å². The number of hydrogen-bond donors (Lipinski definition) is 0. The third-order valence-electron chi connectivity index (χ3n) is 2.50. The molecule has 0 aromatic heterocycles. The summed E-state index contributed by atoms with van der Waals surface area (Å²) >= 11 is 0. The minimum atomic E-state index is -0.854. The van der Waals surface area contributed by atoms with E-state index in [4.69, 9.17) is 0 Å². The molecule has 0 spiro atoms. The van der Waals surface area contributed by atoms with Gasteiger partial charge in [-0.1, -0.05) is 29.8 Å². The Labute approximate surface area is 87.3 Å². The van der Waals surface area contributed by atoms with E-state index >= 15 is 0 Å². The van der Waals surface area contributed by atoms with Crippen LogP contribution in [0.2, 0.25) is 0 Å².